The fraction of sp³-hybridized carbons (Fsp3) is 0.450. The van der Waals surface area contributed by atoms with Gasteiger partial charge in [-0.1, -0.05) is 12.1 Å². The zero-order valence-electron chi connectivity index (χ0n) is 15.2. The molecule has 1 aromatic heterocycles. The van der Waals surface area contributed by atoms with Gasteiger partial charge in [-0.25, -0.2) is 0 Å². The predicted molar refractivity (Wildman–Crippen MR) is 101 cm³/mol. The molecule has 0 saturated carbocycles. The zero-order valence-corrected chi connectivity index (χ0v) is 15.2. The fourth-order valence-electron chi connectivity index (χ4n) is 3.67. The highest BCUT2D eigenvalue weighted by Crippen LogP contribution is 2.29. The molecule has 0 bridgehead atoms. The van der Waals surface area contributed by atoms with Crippen molar-refractivity contribution >= 4 is 17.3 Å². The van der Waals surface area contributed by atoms with E-state index in [-0.39, 0.29) is 12.0 Å². The van der Waals surface area contributed by atoms with E-state index in [1.807, 2.05) is 44.2 Å². The van der Waals surface area contributed by atoms with Gasteiger partial charge in [0.15, 0.2) is 0 Å². The zero-order chi connectivity index (χ0) is 18.0. The van der Waals surface area contributed by atoms with E-state index in [0.29, 0.717) is 0 Å². The topological polar surface area (TPSA) is 57.5 Å². The SMILES string of the molecule is CCn1c(C)cc(C(=O)Nc2ccccc2N2CCC(O)CC2)c1C. The van der Waals surface area contributed by atoms with Gasteiger partial charge < -0.3 is 19.9 Å². The quantitative estimate of drug-likeness (QED) is 0.897. The first-order valence-corrected chi connectivity index (χ1v) is 9.01. The van der Waals surface area contributed by atoms with Crippen molar-refractivity contribution in [1.82, 2.24) is 4.57 Å². The molecule has 1 aromatic carbocycles. The second-order valence-corrected chi connectivity index (χ2v) is 6.72. The molecule has 1 fully saturated rings. The Hall–Kier alpha value is -2.27. The minimum atomic E-state index is -0.211. The van der Waals surface area contributed by atoms with Crippen LogP contribution in [0.15, 0.2) is 30.3 Å². The number of benzene rings is 1. The molecule has 0 unspecified atom stereocenters. The van der Waals surface area contributed by atoms with Crippen molar-refractivity contribution in [2.24, 2.45) is 0 Å². The highest BCUT2D eigenvalue weighted by molar-refractivity contribution is 6.06. The standard InChI is InChI=1S/C20H27N3O2/c1-4-23-14(2)13-17(15(23)3)20(25)21-18-7-5-6-8-19(18)22-11-9-16(24)10-12-22/h5-8,13,16,24H,4,9-12H2,1-3H3,(H,21,25). The number of aromatic nitrogens is 1. The number of nitrogens with zero attached hydrogens (tertiary/aromatic N) is 2. The lowest BCUT2D eigenvalue weighted by atomic mass is 10.1. The Bertz CT molecular complexity index is 758. The van der Waals surface area contributed by atoms with Crippen LogP contribution in [0.3, 0.4) is 0 Å². The number of nitrogens with one attached hydrogen (secondary N) is 1. The van der Waals surface area contributed by atoms with Crippen LogP contribution in [0.5, 0.6) is 0 Å². The molecule has 1 aliphatic rings. The van der Waals surface area contributed by atoms with Crippen molar-refractivity contribution in [3.05, 3.63) is 47.3 Å². The number of amides is 1. The van der Waals surface area contributed by atoms with Gasteiger partial charge >= 0.3 is 0 Å². The van der Waals surface area contributed by atoms with Gasteiger partial charge in [0.2, 0.25) is 0 Å². The average molecular weight is 341 g/mol. The summed E-state index contributed by atoms with van der Waals surface area (Å²) in [6, 6.07) is 9.85. The number of hydrogen-bond donors (Lipinski definition) is 2. The molecule has 25 heavy (non-hydrogen) atoms. The van der Waals surface area contributed by atoms with E-state index >= 15 is 0 Å². The van der Waals surface area contributed by atoms with Crippen LogP contribution in [0.2, 0.25) is 0 Å². The van der Waals surface area contributed by atoms with Crippen LogP contribution in [-0.2, 0) is 6.54 Å². The Morgan fingerprint density at radius 2 is 1.92 bits per heavy atom. The molecule has 0 spiro atoms. The highest BCUT2D eigenvalue weighted by atomic mass is 16.3. The maximum absolute atomic E-state index is 12.8. The molecule has 2 heterocycles. The third-order valence-electron chi connectivity index (χ3n) is 5.09. The molecular formula is C20H27N3O2. The normalized spacial score (nSPS) is 15.4. The van der Waals surface area contributed by atoms with Crippen LogP contribution in [0, 0.1) is 13.8 Å². The number of aliphatic hydroxyl groups is 1. The van der Waals surface area contributed by atoms with E-state index in [4.69, 9.17) is 0 Å². The van der Waals surface area contributed by atoms with Crippen molar-refractivity contribution in [3.63, 3.8) is 0 Å². The van der Waals surface area contributed by atoms with E-state index in [0.717, 1.165) is 60.8 Å². The molecule has 1 aliphatic heterocycles. The maximum atomic E-state index is 12.8. The van der Waals surface area contributed by atoms with Crippen molar-refractivity contribution in [2.45, 2.75) is 46.3 Å². The molecule has 0 aliphatic carbocycles. The largest absolute Gasteiger partial charge is 0.393 e. The summed E-state index contributed by atoms with van der Waals surface area (Å²) in [5, 5.41) is 12.8. The predicted octanol–water partition coefficient (Wildman–Crippen LogP) is 3.34. The first-order valence-electron chi connectivity index (χ1n) is 9.01. The number of rotatable bonds is 4. The molecule has 5 nitrogen and oxygen atoms in total. The Morgan fingerprint density at radius 1 is 1.24 bits per heavy atom. The third-order valence-corrected chi connectivity index (χ3v) is 5.09. The Labute approximate surface area is 149 Å². The van der Waals surface area contributed by atoms with E-state index in [1.54, 1.807) is 0 Å². The molecular weight excluding hydrogens is 314 g/mol. The number of para-hydroxylation sites is 2. The second kappa shape index (κ2) is 7.31. The monoisotopic (exact) mass is 341 g/mol. The number of aryl methyl sites for hydroxylation is 1. The molecule has 5 heteroatoms. The summed E-state index contributed by atoms with van der Waals surface area (Å²) in [6.45, 7) is 8.57. The highest BCUT2D eigenvalue weighted by Gasteiger charge is 2.21. The number of aliphatic hydroxyl groups excluding tert-OH is 1. The Balaban J connectivity index is 1.83. The summed E-state index contributed by atoms with van der Waals surface area (Å²) in [5.74, 6) is -0.0719. The number of anilines is 2. The lowest BCUT2D eigenvalue weighted by Crippen LogP contribution is -2.36. The van der Waals surface area contributed by atoms with E-state index in [9.17, 15) is 9.90 Å². The van der Waals surface area contributed by atoms with Gasteiger partial charge in [0.25, 0.3) is 5.91 Å². The minimum Gasteiger partial charge on any atom is -0.393 e. The summed E-state index contributed by atoms with van der Waals surface area (Å²) in [5.41, 5.74) is 4.67. The third kappa shape index (κ3) is 3.56. The van der Waals surface area contributed by atoms with Crippen molar-refractivity contribution in [2.75, 3.05) is 23.3 Å². The van der Waals surface area contributed by atoms with Crippen molar-refractivity contribution in [3.8, 4) is 0 Å². The Morgan fingerprint density at radius 3 is 2.56 bits per heavy atom. The summed E-state index contributed by atoms with van der Waals surface area (Å²) in [7, 11) is 0. The number of hydrogen-bond acceptors (Lipinski definition) is 3. The Kier molecular flexibility index (Phi) is 5.13. The fourth-order valence-corrected chi connectivity index (χ4v) is 3.67. The van der Waals surface area contributed by atoms with E-state index < -0.39 is 0 Å². The number of carbonyl (C=O) groups is 1. The van der Waals surface area contributed by atoms with Gasteiger partial charge in [0.1, 0.15) is 0 Å². The second-order valence-electron chi connectivity index (χ2n) is 6.72. The lowest BCUT2D eigenvalue weighted by Gasteiger charge is -2.32. The molecule has 0 atom stereocenters. The number of piperidine rings is 1. The van der Waals surface area contributed by atoms with Crippen LogP contribution < -0.4 is 10.2 Å². The average Bonchev–Trinajstić information content (AvgIpc) is 2.90. The summed E-state index contributed by atoms with van der Waals surface area (Å²) < 4.78 is 2.15. The summed E-state index contributed by atoms with van der Waals surface area (Å²) in [4.78, 5) is 15.1. The number of carbonyl (C=O) groups excluding carboxylic acids is 1. The molecule has 3 rings (SSSR count). The summed E-state index contributed by atoms with van der Waals surface area (Å²) in [6.07, 6.45) is 1.32. The first kappa shape index (κ1) is 17.5. The molecule has 2 N–H and O–H groups in total. The summed E-state index contributed by atoms with van der Waals surface area (Å²) >= 11 is 0. The minimum absolute atomic E-state index is 0.0719. The smallest absolute Gasteiger partial charge is 0.257 e. The lowest BCUT2D eigenvalue weighted by molar-refractivity contribution is 0.102. The van der Waals surface area contributed by atoms with Gasteiger partial charge in [-0.15, -0.1) is 0 Å². The molecule has 1 amide bonds. The van der Waals surface area contributed by atoms with Crippen LogP contribution in [0.4, 0.5) is 11.4 Å². The molecule has 0 radical (unpaired) electrons. The molecule has 1 saturated heterocycles. The molecule has 2 aromatic rings. The van der Waals surface area contributed by atoms with Crippen LogP contribution >= 0.6 is 0 Å². The van der Waals surface area contributed by atoms with Gasteiger partial charge in [-0.3, -0.25) is 4.79 Å². The van der Waals surface area contributed by atoms with Gasteiger partial charge in [-0.05, 0) is 51.8 Å². The van der Waals surface area contributed by atoms with Crippen molar-refractivity contribution < 1.29 is 9.90 Å². The first-order chi connectivity index (χ1) is 12.0. The van der Waals surface area contributed by atoms with Crippen molar-refractivity contribution in [1.29, 1.82) is 0 Å². The van der Waals surface area contributed by atoms with Crippen LogP contribution in [0.1, 0.15) is 41.5 Å². The maximum Gasteiger partial charge on any atom is 0.257 e. The van der Waals surface area contributed by atoms with E-state index in [1.165, 1.54) is 0 Å². The van der Waals surface area contributed by atoms with Gasteiger partial charge in [0.05, 0.1) is 23.0 Å². The van der Waals surface area contributed by atoms with Gasteiger partial charge in [0, 0.05) is 31.0 Å². The van der Waals surface area contributed by atoms with E-state index in [2.05, 4.69) is 21.7 Å². The van der Waals surface area contributed by atoms with Gasteiger partial charge in [-0.2, -0.15) is 0 Å². The van der Waals surface area contributed by atoms with Crippen LogP contribution in [-0.4, -0.2) is 34.8 Å². The molecule has 134 valence electrons. The van der Waals surface area contributed by atoms with Crippen LogP contribution in [0.25, 0.3) is 0 Å².